The van der Waals surface area contributed by atoms with Gasteiger partial charge in [0.2, 0.25) is 0 Å². The van der Waals surface area contributed by atoms with Crippen molar-refractivity contribution in [2.45, 2.75) is 45.6 Å². The van der Waals surface area contributed by atoms with Gasteiger partial charge >= 0.3 is 0 Å². The lowest BCUT2D eigenvalue weighted by Crippen LogP contribution is -2.45. The number of aryl methyl sites for hydroxylation is 1. The summed E-state index contributed by atoms with van der Waals surface area (Å²) in [4.78, 5) is 1.39. The minimum atomic E-state index is -0.0862. The van der Waals surface area contributed by atoms with Crippen molar-refractivity contribution in [2.75, 3.05) is 0 Å². The third-order valence-electron chi connectivity index (χ3n) is 3.92. The fraction of sp³-hybridized carbons (Fsp3) is 0.667. The monoisotopic (exact) mass is 209 g/mol. The molecule has 1 unspecified atom stereocenters. The molecule has 2 heteroatoms. The van der Waals surface area contributed by atoms with Gasteiger partial charge in [0, 0.05) is 10.4 Å². The van der Waals surface area contributed by atoms with E-state index in [0.29, 0.717) is 0 Å². The van der Waals surface area contributed by atoms with Gasteiger partial charge in [0.25, 0.3) is 0 Å². The summed E-state index contributed by atoms with van der Waals surface area (Å²) in [7, 11) is 0. The van der Waals surface area contributed by atoms with Gasteiger partial charge in [-0.2, -0.15) is 0 Å². The number of rotatable bonds is 1. The van der Waals surface area contributed by atoms with Crippen LogP contribution in [0.25, 0.3) is 0 Å². The van der Waals surface area contributed by atoms with E-state index in [1.165, 1.54) is 23.3 Å². The van der Waals surface area contributed by atoms with Gasteiger partial charge in [-0.3, -0.25) is 0 Å². The van der Waals surface area contributed by atoms with Gasteiger partial charge in [0.15, 0.2) is 0 Å². The minimum absolute atomic E-state index is 0.0862. The second kappa shape index (κ2) is 3.07. The molecule has 1 aromatic rings. The van der Waals surface area contributed by atoms with E-state index in [1.54, 1.807) is 0 Å². The van der Waals surface area contributed by atoms with Crippen LogP contribution >= 0.6 is 11.3 Å². The predicted octanol–water partition coefficient (Wildman–Crippen LogP) is 3.42. The van der Waals surface area contributed by atoms with Crippen molar-refractivity contribution >= 4 is 11.3 Å². The summed E-state index contributed by atoms with van der Waals surface area (Å²) in [5.41, 5.74) is 8.15. The highest BCUT2D eigenvalue weighted by Gasteiger charge is 2.47. The van der Waals surface area contributed by atoms with Crippen LogP contribution in [0.4, 0.5) is 0 Å². The first kappa shape index (κ1) is 10.2. The molecular formula is C12H19NS. The van der Waals surface area contributed by atoms with Crippen molar-refractivity contribution in [1.29, 1.82) is 0 Å². The van der Waals surface area contributed by atoms with Crippen LogP contribution in [-0.2, 0) is 5.54 Å². The maximum absolute atomic E-state index is 6.61. The van der Waals surface area contributed by atoms with Crippen LogP contribution in [0, 0.1) is 12.3 Å². The normalized spacial score (nSPS) is 30.9. The Bertz CT molecular complexity index is 340. The summed E-state index contributed by atoms with van der Waals surface area (Å²) in [6.45, 7) is 6.79. The molecule has 0 amide bonds. The second-order valence-corrected chi connectivity index (χ2v) is 6.22. The molecular weight excluding hydrogens is 190 g/mol. The Morgan fingerprint density at radius 3 is 2.50 bits per heavy atom. The standard InChI is InChI=1S/C12H19NS/c1-9-10(5-8-14-9)12(13)7-4-6-11(12,2)3/h5,8H,4,6-7,13H2,1-3H3. The topological polar surface area (TPSA) is 26.0 Å². The summed E-state index contributed by atoms with van der Waals surface area (Å²) in [5, 5.41) is 2.16. The SMILES string of the molecule is Cc1sccc1C1(N)CCCC1(C)C. The molecule has 1 aliphatic carbocycles. The summed E-state index contributed by atoms with van der Waals surface area (Å²) < 4.78 is 0. The van der Waals surface area contributed by atoms with Gasteiger partial charge in [-0.25, -0.2) is 0 Å². The lowest BCUT2D eigenvalue weighted by atomic mass is 9.71. The third kappa shape index (κ3) is 1.24. The highest BCUT2D eigenvalue weighted by atomic mass is 32.1. The van der Waals surface area contributed by atoms with Crippen LogP contribution in [0.2, 0.25) is 0 Å². The summed E-state index contributed by atoms with van der Waals surface area (Å²) in [5.74, 6) is 0. The Labute approximate surface area is 90.3 Å². The van der Waals surface area contributed by atoms with Crippen molar-refractivity contribution in [2.24, 2.45) is 11.1 Å². The maximum Gasteiger partial charge on any atom is 0.0472 e. The Kier molecular flexibility index (Phi) is 2.24. The van der Waals surface area contributed by atoms with E-state index in [4.69, 9.17) is 5.73 Å². The summed E-state index contributed by atoms with van der Waals surface area (Å²) in [6.07, 6.45) is 3.65. The van der Waals surface area contributed by atoms with Crippen molar-refractivity contribution in [1.82, 2.24) is 0 Å². The van der Waals surface area contributed by atoms with E-state index in [9.17, 15) is 0 Å². The zero-order valence-electron chi connectivity index (χ0n) is 9.26. The predicted molar refractivity (Wildman–Crippen MR) is 62.6 cm³/mol. The van der Waals surface area contributed by atoms with Gasteiger partial charge in [-0.05, 0) is 42.2 Å². The fourth-order valence-electron chi connectivity index (χ4n) is 2.72. The summed E-state index contributed by atoms with van der Waals surface area (Å²) in [6, 6.07) is 2.22. The number of hydrogen-bond acceptors (Lipinski definition) is 2. The highest BCUT2D eigenvalue weighted by Crippen LogP contribution is 2.51. The molecule has 14 heavy (non-hydrogen) atoms. The van der Waals surface area contributed by atoms with E-state index in [0.717, 1.165) is 6.42 Å². The van der Waals surface area contributed by atoms with Gasteiger partial charge in [0.05, 0.1) is 0 Å². The molecule has 1 atom stereocenters. The van der Waals surface area contributed by atoms with E-state index in [1.807, 2.05) is 11.3 Å². The molecule has 0 bridgehead atoms. The first-order chi connectivity index (χ1) is 6.47. The molecule has 1 fully saturated rings. The van der Waals surface area contributed by atoms with Crippen LogP contribution < -0.4 is 5.73 Å². The Morgan fingerprint density at radius 2 is 2.07 bits per heavy atom. The minimum Gasteiger partial charge on any atom is -0.321 e. The molecule has 1 aromatic heterocycles. The molecule has 1 heterocycles. The van der Waals surface area contributed by atoms with Crippen molar-refractivity contribution in [3.8, 4) is 0 Å². The van der Waals surface area contributed by atoms with Gasteiger partial charge in [-0.15, -0.1) is 11.3 Å². The molecule has 0 spiro atoms. The Hall–Kier alpha value is -0.340. The van der Waals surface area contributed by atoms with Crippen molar-refractivity contribution in [3.63, 3.8) is 0 Å². The van der Waals surface area contributed by atoms with E-state index < -0.39 is 0 Å². The average Bonchev–Trinajstić information content (AvgIpc) is 2.59. The van der Waals surface area contributed by atoms with Crippen molar-refractivity contribution < 1.29 is 0 Å². The third-order valence-corrected chi connectivity index (χ3v) is 4.77. The molecule has 0 aromatic carbocycles. The van der Waals surface area contributed by atoms with Crippen LogP contribution in [0.15, 0.2) is 11.4 Å². The Morgan fingerprint density at radius 1 is 1.36 bits per heavy atom. The highest BCUT2D eigenvalue weighted by molar-refractivity contribution is 7.10. The molecule has 2 rings (SSSR count). The average molecular weight is 209 g/mol. The van der Waals surface area contributed by atoms with Gasteiger partial charge in [0.1, 0.15) is 0 Å². The smallest absolute Gasteiger partial charge is 0.0472 e. The number of nitrogens with two attached hydrogens (primary N) is 1. The molecule has 2 N–H and O–H groups in total. The van der Waals surface area contributed by atoms with E-state index in [-0.39, 0.29) is 11.0 Å². The maximum atomic E-state index is 6.61. The fourth-order valence-corrected chi connectivity index (χ4v) is 3.50. The molecule has 1 nitrogen and oxygen atoms in total. The zero-order valence-corrected chi connectivity index (χ0v) is 10.1. The van der Waals surface area contributed by atoms with Gasteiger partial charge in [-0.1, -0.05) is 20.3 Å². The van der Waals surface area contributed by atoms with E-state index in [2.05, 4.69) is 32.2 Å². The van der Waals surface area contributed by atoms with Crippen LogP contribution in [0.1, 0.15) is 43.6 Å². The molecule has 0 aliphatic heterocycles. The Balaban J connectivity index is 2.47. The zero-order chi connectivity index (χ0) is 10.4. The quantitative estimate of drug-likeness (QED) is 0.753. The lowest BCUT2D eigenvalue weighted by molar-refractivity contribution is 0.210. The molecule has 0 radical (unpaired) electrons. The van der Waals surface area contributed by atoms with Crippen LogP contribution in [0.3, 0.4) is 0 Å². The summed E-state index contributed by atoms with van der Waals surface area (Å²) >= 11 is 1.81. The molecule has 0 saturated heterocycles. The second-order valence-electron chi connectivity index (χ2n) is 5.10. The van der Waals surface area contributed by atoms with Crippen LogP contribution in [0.5, 0.6) is 0 Å². The number of thiophene rings is 1. The first-order valence-corrected chi connectivity index (χ1v) is 6.19. The van der Waals surface area contributed by atoms with Crippen LogP contribution in [-0.4, -0.2) is 0 Å². The van der Waals surface area contributed by atoms with Crippen molar-refractivity contribution in [3.05, 3.63) is 21.9 Å². The largest absolute Gasteiger partial charge is 0.321 e. The lowest BCUT2D eigenvalue weighted by Gasteiger charge is -2.38. The number of hydrogen-bond donors (Lipinski definition) is 1. The first-order valence-electron chi connectivity index (χ1n) is 5.31. The van der Waals surface area contributed by atoms with Gasteiger partial charge < -0.3 is 5.73 Å². The van der Waals surface area contributed by atoms with E-state index >= 15 is 0 Å². The molecule has 1 aliphatic rings. The molecule has 1 saturated carbocycles. The molecule has 78 valence electrons.